The number of hydrogen-bond donors (Lipinski definition) is 1. The van der Waals surface area contributed by atoms with Gasteiger partial charge in [-0.1, -0.05) is 30.3 Å². The summed E-state index contributed by atoms with van der Waals surface area (Å²) in [5.74, 6) is -0.185. The maximum atomic E-state index is 12.2. The van der Waals surface area contributed by atoms with Gasteiger partial charge in [0.1, 0.15) is 5.69 Å². The van der Waals surface area contributed by atoms with Crippen molar-refractivity contribution < 1.29 is 4.79 Å². The van der Waals surface area contributed by atoms with E-state index in [1.54, 1.807) is 0 Å². The number of benzene rings is 2. The summed E-state index contributed by atoms with van der Waals surface area (Å²) in [6.07, 6.45) is 4.46. The molecule has 0 aliphatic rings. The van der Waals surface area contributed by atoms with Gasteiger partial charge in [-0.3, -0.25) is 9.78 Å². The Kier molecular flexibility index (Phi) is 4.12. The highest BCUT2D eigenvalue weighted by Crippen LogP contribution is 2.15. The predicted octanol–water partition coefficient (Wildman–Crippen LogP) is 3.40. The number of para-hydroxylation sites is 3. The molecular formula is C20H18N4O. The monoisotopic (exact) mass is 330 g/mol. The fourth-order valence-electron chi connectivity index (χ4n) is 2.94. The van der Waals surface area contributed by atoms with Crippen LogP contribution in [0.2, 0.25) is 0 Å². The maximum Gasteiger partial charge on any atom is 0.271 e. The lowest BCUT2D eigenvalue weighted by atomic mass is 10.2. The Morgan fingerprint density at radius 2 is 1.80 bits per heavy atom. The van der Waals surface area contributed by atoms with Crippen LogP contribution in [0.4, 0.5) is 0 Å². The van der Waals surface area contributed by atoms with Crippen LogP contribution in [0, 0.1) is 0 Å². The molecule has 0 fully saturated rings. The van der Waals surface area contributed by atoms with Gasteiger partial charge in [0.15, 0.2) is 0 Å². The Labute approximate surface area is 145 Å². The molecule has 5 nitrogen and oxygen atoms in total. The maximum absolute atomic E-state index is 12.2. The number of carbonyl (C=O) groups is 1. The Balaban J connectivity index is 1.35. The number of aryl methyl sites for hydroxylation is 1. The predicted molar refractivity (Wildman–Crippen MR) is 98.4 cm³/mol. The first-order chi connectivity index (χ1) is 12.3. The fraction of sp³-hybridized carbons (Fsp3) is 0.150. The van der Waals surface area contributed by atoms with Gasteiger partial charge in [0.25, 0.3) is 5.91 Å². The fourth-order valence-corrected chi connectivity index (χ4v) is 2.94. The lowest BCUT2D eigenvalue weighted by Crippen LogP contribution is -2.26. The van der Waals surface area contributed by atoms with Crippen molar-refractivity contribution in [1.29, 1.82) is 0 Å². The number of amides is 1. The van der Waals surface area contributed by atoms with Crippen molar-refractivity contribution in [2.24, 2.45) is 0 Å². The second-order valence-electron chi connectivity index (χ2n) is 5.92. The highest BCUT2D eigenvalue weighted by atomic mass is 16.1. The Bertz CT molecular complexity index is 1040. The smallest absolute Gasteiger partial charge is 0.271 e. The van der Waals surface area contributed by atoms with E-state index >= 15 is 0 Å². The van der Waals surface area contributed by atoms with Gasteiger partial charge in [0, 0.05) is 24.8 Å². The molecule has 1 amide bonds. The van der Waals surface area contributed by atoms with Crippen LogP contribution in [0.25, 0.3) is 21.9 Å². The quantitative estimate of drug-likeness (QED) is 0.571. The van der Waals surface area contributed by atoms with E-state index in [0.717, 1.165) is 24.0 Å². The standard InChI is InChI=1S/C20H18N4O/c25-20(18-14-22-16-7-2-3-8-17(16)23-18)21-11-5-12-24-13-10-15-6-1-4-9-19(15)24/h1-4,6-10,13-14H,5,11-12H2,(H,21,25). The molecular weight excluding hydrogens is 312 g/mol. The Morgan fingerprint density at radius 1 is 1.00 bits per heavy atom. The molecule has 0 saturated heterocycles. The van der Waals surface area contributed by atoms with Crippen LogP contribution in [-0.4, -0.2) is 27.0 Å². The van der Waals surface area contributed by atoms with Gasteiger partial charge in [0.05, 0.1) is 17.2 Å². The molecule has 5 heteroatoms. The largest absolute Gasteiger partial charge is 0.351 e. The molecule has 0 atom stereocenters. The molecule has 0 unspecified atom stereocenters. The van der Waals surface area contributed by atoms with E-state index in [-0.39, 0.29) is 5.91 Å². The molecule has 2 aromatic heterocycles. The number of nitrogens with one attached hydrogen (secondary N) is 1. The van der Waals surface area contributed by atoms with Crippen molar-refractivity contribution in [1.82, 2.24) is 19.9 Å². The minimum Gasteiger partial charge on any atom is -0.351 e. The van der Waals surface area contributed by atoms with Crippen LogP contribution in [0.1, 0.15) is 16.9 Å². The normalized spacial score (nSPS) is 11.0. The Hall–Kier alpha value is -3.21. The molecule has 0 bridgehead atoms. The molecule has 0 aliphatic carbocycles. The zero-order valence-corrected chi connectivity index (χ0v) is 13.7. The average Bonchev–Trinajstić information content (AvgIpc) is 3.08. The van der Waals surface area contributed by atoms with Crippen LogP contribution in [-0.2, 0) is 6.54 Å². The first-order valence-electron chi connectivity index (χ1n) is 8.35. The molecule has 1 N–H and O–H groups in total. The summed E-state index contributed by atoms with van der Waals surface area (Å²) in [5, 5.41) is 4.15. The number of nitrogens with zero attached hydrogens (tertiary/aromatic N) is 3. The van der Waals surface area contributed by atoms with Gasteiger partial charge in [-0.05, 0) is 36.1 Å². The minimum atomic E-state index is -0.185. The minimum absolute atomic E-state index is 0.185. The third-order valence-electron chi connectivity index (χ3n) is 4.22. The van der Waals surface area contributed by atoms with E-state index < -0.39 is 0 Å². The summed E-state index contributed by atoms with van der Waals surface area (Å²) in [5.41, 5.74) is 3.09. The zero-order valence-electron chi connectivity index (χ0n) is 13.7. The third kappa shape index (κ3) is 3.21. The summed E-state index contributed by atoms with van der Waals surface area (Å²) < 4.78 is 2.21. The summed E-state index contributed by atoms with van der Waals surface area (Å²) in [7, 11) is 0. The van der Waals surface area contributed by atoms with Gasteiger partial charge < -0.3 is 9.88 Å². The molecule has 4 rings (SSSR count). The third-order valence-corrected chi connectivity index (χ3v) is 4.22. The lowest BCUT2D eigenvalue weighted by Gasteiger charge is -2.07. The van der Waals surface area contributed by atoms with E-state index in [1.807, 2.05) is 36.4 Å². The summed E-state index contributed by atoms with van der Waals surface area (Å²) in [4.78, 5) is 20.9. The van der Waals surface area contributed by atoms with Crippen LogP contribution < -0.4 is 5.32 Å². The SMILES string of the molecule is O=C(NCCCn1ccc2ccccc21)c1cnc2ccccc2n1. The molecule has 0 radical (unpaired) electrons. The molecule has 25 heavy (non-hydrogen) atoms. The zero-order chi connectivity index (χ0) is 17.1. The molecule has 0 spiro atoms. The highest BCUT2D eigenvalue weighted by Gasteiger charge is 2.08. The van der Waals surface area contributed by atoms with Crippen molar-refractivity contribution in [2.45, 2.75) is 13.0 Å². The second kappa shape index (κ2) is 6.73. The van der Waals surface area contributed by atoms with Crippen molar-refractivity contribution in [3.8, 4) is 0 Å². The molecule has 0 saturated carbocycles. The van der Waals surface area contributed by atoms with Crippen LogP contribution >= 0.6 is 0 Å². The second-order valence-corrected chi connectivity index (χ2v) is 5.92. The van der Waals surface area contributed by atoms with Crippen molar-refractivity contribution in [3.63, 3.8) is 0 Å². The van der Waals surface area contributed by atoms with Crippen LogP contribution in [0.5, 0.6) is 0 Å². The summed E-state index contributed by atoms with van der Waals surface area (Å²) >= 11 is 0. The van der Waals surface area contributed by atoms with Gasteiger partial charge >= 0.3 is 0 Å². The van der Waals surface area contributed by atoms with Crippen LogP contribution in [0.3, 0.4) is 0 Å². The Morgan fingerprint density at radius 3 is 2.72 bits per heavy atom. The van der Waals surface area contributed by atoms with E-state index in [4.69, 9.17) is 0 Å². The number of carbonyl (C=O) groups excluding carboxylic acids is 1. The number of aromatic nitrogens is 3. The van der Waals surface area contributed by atoms with Crippen LogP contribution in [0.15, 0.2) is 67.0 Å². The summed E-state index contributed by atoms with van der Waals surface area (Å²) in [6.45, 7) is 1.46. The van der Waals surface area contributed by atoms with Crippen molar-refractivity contribution in [2.75, 3.05) is 6.54 Å². The van der Waals surface area contributed by atoms with E-state index in [1.165, 1.54) is 17.1 Å². The van der Waals surface area contributed by atoms with E-state index in [9.17, 15) is 4.79 Å². The van der Waals surface area contributed by atoms with E-state index in [2.05, 4.69) is 44.2 Å². The molecule has 4 aromatic rings. The lowest BCUT2D eigenvalue weighted by molar-refractivity contribution is 0.0948. The number of rotatable bonds is 5. The number of hydrogen-bond acceptors (Lipinski definition) is 3. The number of fused-ring (bicyclic) bond motifs is 2. The van der Waals surface area contributed by atoms with Gasteiger partial charge in [-0.2, -0.15) is 0 Å². The first-order valence-corrected chi connectivity index (χ1v) is 8.35. The van der Waals surface area contributed by atoms with Crippen molar-refractivity contribution in [3.05, 3.63) is 72.7 Å². The first kappa shape index (κ1) is 15.3. The molecule has 2 aromatic carbocycles. The van der Waals surface area contributed by atoms with Crippen molar-refractivity contribution >= 4 is 27.8 Å². The highest BCUT2D eigenvalue weighted by molar-refractivity contribution is 5.93. The van der Waals surface area contributed by atoms with Gasteiger partial charge in [0.2, 0.25) is 0 Å². The molecule has 124 valence electrons. The summed E-state index contributed by atoms with van der Waals surface area (Å²) in [6, 6.07) is 17.9. The van der Waals surface area contributed by atoms with Gasteiger partial charge in [-0.15, -0.1) is 0 Å². The van der Waals surface area contributed by atoms with E-state index in [0.29, 0.717) is 12.2 Å². The molecule has 2 heterocycles. The average molecular weight is 330 g/mol. The topological polar surface area (TPSA) is 59.8 Å². The molecule has 0 aliphatic heterocycles. The van der Waals surface area contributed by atoms with Gasteiger partial charge in [-0.25, -0.2) is 4.98 Å².